The molecule has 2 rings (SSSR count). The second kappa shape index (κ2) is 6.69. The van der Waals surface area contributed by atoms with Gasteiger partial charge in [-0.05, 0) is 12.2 Å². The van der Waals surface area contributed by atoms with Gasteiger partial charge in [0.1, 0.15) is 6.04 Å². The van der Waals surface area contributed by atoms with E-state index in [4.69, 9.17) is 4.74 Å². The Morgan fingerprint density at radius 3 is 2.94 bits per heavy atom. The number of rotatable bonds is 2. The predicted molar refractivity (Wildman–Crippen MR) is 68.4 cm³/mol. The largest absolute Gasteiger partial charge is 0.378 e. The Hall–Kier alpha value is 0.0300. The Bertz CT molecular complexity index is 231. The van der Waals surface area contributed by atoms with Crippen molar-refractivity contribution in [3.63, 3.8) is 0 Å². The summed E-state index contributed by atoms with van der Waals surface area (Å²) in [6, 6.07) is 0.292. The number of hydrogen-bond acceptors (Lipinski definition) is 4. The van der Waals surface area contributed by atoms with Crippen LogP contribution in [0, 0.1) is 0 Å². The van der Waals surface area contributed by atoms with Crippen molar-refractivity contribution in [2.75, 3.05) is 38.3 Å². The molecule has 0 aromatic carbocycles. The molecule has 0 saturated carbocycles. The molecule has 2 aliphatic rings. The molecule has 0 aromatic heterocycles. The van der Waals surface area contributed by atoms with Crippen LogP contribution in [0.2, 0.25) is 0 Å². The van der Waals surface area contributed by atoms with E-state index in [1.807, 2.05) is 23.7 Å². The first-order valence-corrected chi connectivity index (χ1v) is 6.60. The summed E-state index contributed by atoms with van der Waals surface area (Å²) >= 11 is 1.93. The number of halogens is 1. The van der Waals surface area contributed by atoms with Crippen molar-refractivity contribution in [3.8, 4) is 0 Å². The van der Waals surface area contributed by atoms with E-state index in [2.05, 4.69) is 5.32 Å². The summed E-state index contributed by atoms with van der Waals surface area (Å²) in [5, 5.41) is 3.20. The molecule has 0 spiro atoms. The van der Waals surface area contributed by atoms with Crippen LogP contribution in [0.3, 0.4) is 0 Å². The van der Waals surface area contributed by atoms with E-state index in [-0.39, 0.29) is 24.4 Å². The maximum absolute atomic E-state index is 12.1. The van der Waals surface area contributed by atoms with Gasteiger partial charge in [-0.15, -0.1) is 12.4 Å². The molecule has 0 radical (unpaired) electrons. The fourth-order valence-corrected chi connectivity index (χ4v) is 3.25. The monoisotopic (exact) mass is 266 g/mol. The van der Waals surface area contributed by atoms with Crippen LogP contribution in [0.25, 0.3) is 0 Å². The number of carbonyl (C=O) groups excluding carboxylic acids is 1. The molecule has 1 N–H and O–H groups in total. The van der Waals surface area contributed by atoms with Gasteiger partial charge in [0.2, 0.25) is 5.91 Å². The highest BCUT2D eigenvalue weighted by Crippen LogP contribution is 2.21. The molecule has 2 unspecified atom stereocenters. The minimum Gasteiger partial charge on any atom is -0.378 e. The highest BCUT2D eigenvalue weighted by Gasteiger charge is 2.29. The Labute approximate surface area is 107 Å². The number of amides is 1. The molecule has 6 heteroatoms. The summed E-state index contributed by atoms with van der Waals surface area (Å²) in [4.78, 5) is 14.0. The third-order valence-electron chi connectivity index (χ3n) is 3.02. The second-order valence-electron chi connectivity index (χ2n) is 4.05. The number of likely N-dealkylation sites (N-methyl/N-ethyl adjacent to an activating group) is 1. The van der Waals surface area contributed by atoms with Gasteiger partial charge < -0.3 is 15.0 Å². The van der Waals surface area contributed by atoms with Crippen molar-refractivity contribution in [1.82, 2.24) is 10.2 Å². The Balaban J connectivity index is 0.00000128. The number of carbonyl (C=O) groups is 1. The average molecular weight is 267 g/mol. The molecular weight excluding hydrogens is 248 g/mol. The summed E-state index contributed by atoms with van der Waals surface area (Å²) in [6.45, 7) is 2.01. The average Bonchev–Trinajstić information content (AvgIpc) is 2.82. The first-order valence-electron chi connectivity index (χ1n) is 5.44. The van der Waals surface area contributed by atoms with E-state index in [0.717, 1.165) is 18.7 Å². The number of nitrogens with one attached hydrogen (secondary N) is 1. The molecular formula is C10H19ClN2O2S. The van der Waals surface area contributed by atoms with Gasteiger partial charge in [-0.25, -0.2) is 0 Å². The molecule has 2 atom stereocenters. The van der Waals surface area contributed by atoms with Crippen LogP contribution in [-0.4, -0.2) is 61.2 Å². The van der Waals surface area contributed by atoms with Crippen LogP contribution in [-0.2, 0) is 9.53 Å². The molecule has 2 saturated heterocycles. The molecule has 0 bridgehead atoms. The standard InChI is InChI=1S/C10H18N2O2S.ClH/c1-12(8-2-5-15-7-8)10(13)9-6-14-4-3-11-9;/h8-9,11H,2-7H2,1H3;1H. The van der Waals surface area contributed by atoms with E-state index in [1.54, 1.807) is 0 Å². The molecule has 2 aliphatic heterocycles. The third kappa shape index (κ3) is 3.26. The first-order chi connectivity index (χ1) is 7.29. The zero-order chi connectivity index (χ0) is 10.7. The molecule has 2 fully saturated rings. The normalized spacial score (nSPS) is 29.6. The quantitative estimate of drug-likeness (QED) is 0.784. The van der Waals surface area contributed by atoms with Crippen LogP contribution in [0.5, 0.6) is 0 Å². The van der Waals surface area contributed by atoms with Gasteiger partial charge in [0.15, 0.2) is 0 Å². The fourth-order valence-electron chi connectivity index (χ4n) is 1.98. The summed E-state index contributed by atoms with van der Waals surface area (Å²) in [5.74, 6) is 2.44. The predicted octanol–water partition coefficient (Wildman–Crippen LogP) is 0.360. The summed E-state index contributed by atoms with van der Waals surface area (Å²) in [6.07, 6.45) is 1.13. The topological polar surface area (TPSA) is 41.6 Å². The van der Waals surface area contributed by atoms with Gasteiger partial charge in [0.05, 0.1) is 13.2 Å². The van der Waals surface area contributed by atoms with Gasteiger partial charge in [-0.1, -0.05) is 0 Å². The van der Waals surface area contributed by atoms with Crippen molar-refractivity contribution in [2.24, 2.45) is 0 Å². The number of hydrogen-bond donors (Lipinski definition) is 1. The highest BCUT2D eigenvalue weighted by atomic mass is 35.5. The lowest BCUT2D eigenvalue weighted by Crippen LogP contribution is -2.53. The van der Waals surface area contributed by atoms with Gasteiger partial charge in [-0.2, -0.15) is 11.8 Å². The van der Waals surface area contributed by atoms with E-state index >= 15 is 0 Å². The zero-order valence-corrected chi connectivity index (χ0v) is 11.1. The van der Waals surface area contributed by atoms with Crippen LogP contribution >= 0.6 is 24.2 Å². The van der Waals surface area contributed by atoms with E-state index in [9.17, 15) is 4.79 Å². The maximum Gasteiger partial charge on any atom is 0.242 e. The molecule has 1 amide bonds. The van der Waals surface area contributed by atoms with Crippen molar-refractivity contribution >= 4 is 30.1 Å². The summed E-state index contributed by atoms with van der Waals surface area (Å²) in [5.41, 5.74) is 0. The Morgan fingerprint density at radius 2 is 2.38 bits per heavy atom. The Kier molecular flexibility index (Phi) is 5.89. The molecule has 94 valence electrons. The number of ether oxygens (including phenoxy) is 1. The molecule has 0 aromatic rings. The minimum atomic E-state index is -0.130. The minimum absolute atomic E-state index is 0. The Morgan fingerprint density at radius 1 is 1.56 bits per heavy atom. The van der Waals surface area contributed by atoms with Crippen LogP contribution in [0.15, 0.2) is 0 Å². The van der Waals surface area contributed by atoms with E-state index < -0.39 is 0 Å². The van der Waals surface area contributed by atoms with Gasteiger partial charge >= 0.3 is 0 Å². The van der Waals surface area contributed by atoms with Crippen molar-refractivity contribution < 1.29 is 9.53 Å². The van der Waals surface area contributed by atoms with E-state index in [1.165, 1.54) is 5.75 Å². The lowest BCUT2D eigenvalue weighted by Gasteiger charge is -2.30. The highest BCUT2D eigenvalue weighted by molar-refractivity contribution is 7.99. The molecule has 4 nitrogen and oxygen atoms in total. The number of nitrogens with zero attached hydrogens (tertiary/aromatic N) is 1. The second-order valence-corrected chi connectivity index (χ2v) is 5.20. The summed E-state index contributed by atoms with van der Waals surface area (Å²) < 4.78 is 5.30. The number of morpholine rings is 1. The van der Waals surface area contributed by atoms with Gasteiger partial charge in [0.25, 0.3) is 0 Å². The van der Waals surface area contributed by atoms with E-state index in [0.29, 0.717) is 19.3 Å². The zero-order valence-electron chi connectivity index (χ0n) is 9.48. The molecule has 0 aliphatic carbocycles. The van der Waals surface area contributed by atoms with Crippen LogP contribution in [0.1, 0.15) is 6.42 Å². The fraction of sp³-hybridized carbons (Fsp3) is 0.900. The first kappa shape index (κ1) is 14.1. The van der Waals surface area contributed by atoms with Crippen LogP contribution < -0.4 is 5.32 Å². The lowest BCUT2D eigenvalue weighted by molar-refractivity contribution is -0.136. The molecule has 2 heterocycles. The summed E-state index contributed by atoms with van der Waals surface area (Å²) in [7, 11) is 1.91. The third-order valence-corrected chi connectivity index (χ3v) is 4.17. The lowest BCUT2D eigenvalue weighted by atomic mass is 10.2. The van der Waals surface area contributed by atoms with Crippen molar-refractivity contribution in [2.45, 2.75) is 18.5 Å². The number of thioether (sulfide) groups is 1. The van der Waals surface area contributed by atoms with Gasteiger partial charge in [-0.3, -0.25) is 4.79 Å². The smallest absolute Gasteiger partial charge is 0.242 e. The molecule has 16 heavy (non-hydrogen) atoms. The SMILES string of the molecule is CN(C(=O)C1COCCN1)C1CCSC1.Cl. The maximum atomic E-state index is 12.1. The van der Waals surface area contributed by atoms with Crippen LogP contribution in [0.4, 0.5) is 0 Å². The van der Waals surface area contributed by atoms with Crippen molar-refractivity contribution in [1.29, 1.82) is 0 Å². The van der Waals surface area contributed by atoms with Gasteiger partial charge in [0, 0.05) is 25.4 Å². The van der Waals surface area contributed by atoms with Crippen molar-refractivity contribution in [3.05, 3.63) is 0 Å².